The first-order chi connectivity index (χ1) is 11.0. The first-order valence-corrected chi connectivity index (χ1v) is 8.23. The number of nitrogens with one attached hydrogen (secondary N) is 2. The van der Waals surface area contributed by atoms with E-state index in [2.05, 4.69) is 72.7 Å². The highest BCUT2D eigenvalue weighted by atomic mass is 16.5. The molecule has 130 valence electrons. The summed E-state index contributed by atoms with van der Waals surface area (Å²) in [6.45, 7) is 5.69. The van der Waals surface area contributed by atoms with Crippen LogP contribution in [0.3, 0.4) is 0 Å². The lowest BCUT2D eigenvalue weighted by Crippen LogP contribution is -2.46. The van der Waals surface area contributed by atoms with Crippen LogP contribution >= 0.6 is 0 Å². The van der Waals surface area contributed by atoms with Crippen LogP contribution in [0, 0.1) is 0 Å². The SMILES string of the molecule is CCc1ccc(C(CNC(=NC)NC(C)COC)N(C)C)cc1. The van der Waals surface area contributed by atoms with Gasteiger partial charge in [-0.3, -0.25) is 4.99 Å². The number of hydrogen-bond donors (Lipinski definition) is 2. The summed E-state index contributed by atoms with van der Waals surface area (Å²) >= 11 is 0. The zero-order chi connectivity index (χ0) is 17.2. The average Bonchev–Trinajstić information content (AvgIpc) is 2.54. The molecule has 1 aromatic rings. The number of hydrogen-bond acceptors (Lipinski definition) is 3. The largest absolute Gasteiger partial charge is 0.383 e. The minimum Gasteiger partial charge on any atom is -0.383 e. The van der Waals surface area contributed by atoms with Crippen LogP contribution in [0.2, 0.25) is 0 Å². The van der Waals surface area contributed by atoms with Gasteiger partial charge in [-0.1, -0.05) is 31.2 Å². The summed E-state index contributed by atoms with van der Waals surface area (Å²) in [5.74, 6) is 0.798. The number of nitrogens with zero attached hydrogens (tertiary/aromatic N) is 2. The van der Waals surface area contributed by atoms with Crippen molar-refractivity contribution in [2.45, 2.75) is 32.4 Å². The van der Waals surface area contributed by atoms with Gasteiger partial charge in [-0.15, -0.1) is 0 Å². The molecule has 0 aromatic heterocycles. The molecule has 0 radical (unpaired) electrons. The summed E-state index contributed by atoms with van der Waals surface area (Å²) in [4.78, 5) is 6.51. The van der Waals surface area contributed by atoms with Crippen molar-refractivity contribution in [1.82, 2.24) is 15.5 Å². The quantitative estimate of drug-likeness (QED) is 0.568. The second-order valence-electron chi connectivity index (χ2n) is 6.03. The standard InChI is InChI=1S/C18H32N4O/c1-7-15-8-10-16(11-9-15)17(22(4)5)12-20-18(19-3)21-14(2)13-23-6/h8-11,14,17H,7,12-13H2,1-6H3,(H2,19,20,21). The molecular weight excluding hydrogens is 288 g/mol. The van der Waals surface area contributed by atoms with Crippen LogP contribution in [0.5, 0.6) is 0 Å². The maximum absolute atomic E-state index is 5.15. The molecular formula is C18H32N4O. The molecule has 0 saturated heterocycles. The van der Waals surface area contributed by atoms with Gasteiger partial charge in [0.1, 0.15) is 0 Å². The summed E-state index contributed by atoms with van der Waals surface area (Å²) in [6.07, 6.45) is 1.07. The Balaban J connectivity index is 2.68. The molecule has 5 heteroatoms. The lowest BCUT2D eigenvalue weighted by Gasteiger charge is -2.27. The third-order valence-corrected chi connectivity index (χ3v) is 3.88. The molecule has 1 aromatic carbocycles. The fourth-order valence-electron chi connectivity index (χ4n) is 2.49. The average molecular weight is 320 g/mol. The number of methoxy groups -OCH3 is 1. The molecule has 0 aliphatic heterocycles. The van der Waals surface area contributed by atoms with Crippen LogP contribution in [0.1, 0.15) is 31.0 Å². The number of ether oxygens (including phenoxy) is 1. The van der Waals surface area contributed by atoms with Gasteiger partial charge in [0, 0.05) is 26.7 Å². The Hall–Kier alpha value is -1.59. The van der Waals surface area contributed by atoms with E-state index in [4.69, 9.17) is 4.74 Å². The number of guanidine groups is 1. The van der Waals surface area contributed by atoms with Crippen LogP contribution in [0.25, 0.3) is 0 Å². The van der Waals surface area contributed by atoms with Gasteiger partial charge in [-0.05, 0) is 38.6 Å². The topological polar surface area (TPSA) is 48.9 Å². The van der Waals surface area contributed by atoms with E-state index in [0.717, 1.165) is 18.9 Å². The van der Waals surface area contributed by atoms with Crippen molar-refractivity contribution in [3.63, 3.8) is 0 Å². The van der Waals surface area contributed by atoms with Gasteiger partial charge < -0.3 is 20.3 Å². The van der Waals surface area contributed by atoms with Crippen molar-refractivity contribution < 1.29 is 4.74 Å². The molecule has 5 nitrogen and oxygen atoms in total. The number of aliphatic imine (C=N–C) groups is 1. The first-order valence-electron chi connectivity index (χ1n) is 8.23. The van der Waals surface area contributed by atoms with Gasteiger partial charge in [0.25, 0.3) is 0 Å². The number of benzene rings is 1. The second kappa shape index (κ2) is 10.2. The monoisotopic (exact) mass is 320 g/mol. The van der Waals surface area contributed by atoms with Crippen LogP contribution in [-0.4, -0.2) is 58.3 Å². The van der Waals surface area contributed by atoms with Crippen LogP contribution in [0.4, 0.5) is 0 Å². The Bertz CT molecular complexity index is 470. The summed E-state index contributed by atoms with van der Waals surface area (Å²) in [6, 6.07) is 9.35. The van der Waals surface area contributed by atoms with Crippen molar-refractivity contribution in [3.05, 3.63) is 35.4 Å². The molecule has 0 amide bonds. The van der Waals surface area contributed by atoms with E-state index in [-0.39, 0.29) is 12.1 Å². The molecule has 0 aliphatic carbocycles. The Labute approximate surface area is 141 Å². The van der Waals surface area contributed by atoms with E-state index in [1.807, 2.05) is 0 Å². The van der Waals surface area contributed by atoms with Gasteiger partial charge in [0.05, 0.1) is 12.6 Å². The highest BCUT2D eigenvalue weighted by Crippen LogP contribution is 2.18. The fraction of sp³-hybridized carbons (Fsp3) is 0.611. The highest BCUT2D eigenvalue weighted by molar-refractivity contribution is 5.80. The number of likely N-dealkylation sites (N-methyl/N-ethyl adjacent to an activating group) is 1. The van der Waals surface area contributed by atoms with Gasteiger partial charge in [-0.2, -0.15) is 0 Å². The second-order valence-corrected chi connectivity index (χ2v) is 6.03. The lowest BCUT2D eigenvalue weighted by molar-refractivity contribution is 0.179. The van der Waals surface area contributed by atoms with E-state index in [1.165, 1.54) is 11.1 Å². The van der Waals surface area contributed by atoms with E-state index in [1.54, 1.807) is 14.2 Å². The Morgan fingerprint density at radius 2 is 1.91 bits per heavy atom. The molecule has 0 saturated carbocycles. The van der Waals surface area contributed by atoms with E-state index in [0.29, 0.717) is 6.61 Å². The van der Waals surface area contributed by atoms with Crippen LogP contribution < -0.4 is 10.6 Å². The minimum atomic E-state index is 0.216. The normalized spacial score (nSPS) is 14.7. The van der Waals surface area contributed by atoms with Crippen molar-refractivity contribution in [3.8, 4) is 0 Å². The smallest absolute Gasteiger partial charge is 0.191 e. The zero-order valence-corrected chi connectivity index (χ0v) is 15.4. The molecule has 0 heterocycles. The van der Waals surface area contributed by atoms with Gasteiger partial charge in [0.15, 0.2) is 5.96 Å². The summed E-state index contributed by atoms with van der Waals surface area (Å²) in [5.41, 5.74) is 2.67. The predicted molar refractivity (Wildman–Crippen MR) is 98.1 cm³/mol. The van der Waals surface area contributed by atoms with Crippen molar-refractivity contribution in [1.29, 1.82) is 0 Å². The van der Waals surface area contributed by atoms with Crippen molar-refractivity contribution in [2.75, 3.05) is 41.4 Å². The van der Waals surface area contributed by atoms with E-state index in [9.17, 15) is 0 Å². The number of rotatable bonds is 8. The minimum absolute atomic E-state index is 0.216. The van der Waals surface area contributed by atoms with Gasteiger partial charge in [-0.25, -0.2) is 0 Å². The Morgan fingerprint density at radius 1 is 1.26 bits per heavy atom. The molecule has 0 aliphatic rings. The summed E-state index contributed by atoms with van der Waals surface area (Å²) in [7, 11) is 7.69. The summed E-state index contributed by atoms with van der Waals surface area (Å²) < 4.78 is 5.15. The van der Waals surface area contributed by atoms with E-state index < -0.39 is 0 Å². The number of aryl methyl sites for hydroxylation is 1. The molecule has 0 spiro atoms. The first kappa shape index (κ1) is 19.5. The molecule has 2 N–H and O–H groups in total. The molecule has 0 fully saturated rings. The van der Waals surface area contributed by atoms with Crippen molar-refractivity contribution in [2.24, 2.45) is 4.99 Å². The van der Waals surface area contributed by atoms with Gasteiger partial charge >= 0.3 is 0 Å². The third kappa shape index (κ3) is 6.59. The fourth-order valence-corrected chi connectivity index (χ4v) is 2.49. The summed E-state index contributed by atoms with van der Waals surface area (Å²) in [5, 5.41) is 6.74. The zero-order valence-electron chi connectivity index (χ0n) is 15.4. The van der Waals surface area contributed by atoms with Gasteiger partial charge in [0.2, 0.25) is 0 Å². The molecule has 2 atom stereocenters. The third-order valence-electron chi connectivity index (χ3n) is 3.88. The lowest BCUT2D eigenvalue weighted by atomic mass is 10.0. The molecule has 1 rings (SSSR count). The molecule has 2 unspecified atom stereocenters. The Kier molecular flexibility index (Phi) is 8.66. The Morgan fingerprint density at radius 3 is 2.39 bits per heavy atom. The highest BCUT2D eigenvalue weighted by Gasteiger charge is 2.15. The molecule has 23 heavy (non-hydrogen) atoms. The molecule has 0 bridgehead atoms. The van der Waals surface area contributed by atoms with E-state index >= 15 is 0 Å². The van der Waals surface area contributed by atoms with Crippen LogP contribution in [-0.2, 0) is 11.2 Å². The van der Waals surface area contributed by atoms with Crippen molar-refractivity contribution >= 4 is 5.96 Å². The van der Waals surface area contributed by atoms with Crippen LogP contribution in [0.15, 0.2) is 29.3 Å². The maximum Gasteiger partial charge on any atom is 0.191 e. The predicted octanol–water partition coefficient (Wildman–Crippen LogP) is 2.05. The maximum atomic E-state index is 5.15.